The molecule has 1 N–H and O–H groups in total. The molecule has 0 aliphatic heterocycles. The molecule has 1 aromatic rings. The zero-order chi connectivity index (χ0) is 16.5. The van der Waals surface area contributed by atoms with E-state index in [0.29, 0.717) is 11.5 Å². The average Bonchev–Trinajstić information content (AvgIpc) is 2.81. The van der Waals surface area contributed by atoms with E-state index in [2.05, 4.69) is 9.11 Å². The van der Waals surface area contributed by atoms with Crippen molar-refractivity contribution in [1.29, 1.82) is 0 Å². The van der Waals surface area contributed by atoms with Crippen LogP contribution in [0.2, 0.25) is 0 Å². The Labute approximate surface area is 117 Å². The van der Waals surface area contributed by atoms with Crippen molar-refractivity contribution in [1.82, 2.24) is 9.69 Å². The molecule has 12 heteroatoms. The third-order valence-corrected chi connectivity index (χ3v) is 3.08. The van der Waals surface area contributed by atoms with Crippen molar-refractivity contribution in [2.24, 2.45) is 0 Å². The largest absolute Gasteiger partial charge is 0.480 e. The summed E-state index contributed by atoms with van der Waals surface area (Å²) >= 11 is 0.476. The van der Waals surface area contributed by atoms with E-state index in [1.54, 1.807) is 0 Å². The Kier molecular flexibility index (Phi) is 4.70. The standard InChI is InChI=1S/C9H7F7N2O2S/c1-20-5-2-4(21-18-5)6(19)17-3-7(10,8(11,12)13)9(14,15)16/h2H,3H2,1H3,(H,17,19). The van der Waals surface area contributed by atoms with Crippen molar-refractivity contribution < 1.29 is 40.3 Å². The molecule has 21 heavy (non-hydrogen) atoms. The lowest BCUT2D eigenvalue weighted by molar-refractivity contribution is -0.338. The van der Waals surface area contributed by atoms with Gasteiger partial charge in [-0.05, 0) is 11.5 Å². The number of halogens is 7. The molecule has 0 fully saturated rings. The van der Waals surface area contributed by atoms with Crippen molar-refractivity contribution in [2.45, 2.75) is 18.0 Å². The van der Waals surface area contributed by atoms with Crippen LogP contribution in [0.4, 0.5) is 30.7 Å². The number of ether oxygens (including phenoxy) is 1. The number of methoxy groups -OCH3 is 1. The highest BCUT2D eigenvalue weighted by Crippen LogP contribution is 2.45. The fourth-order valence-corrected chi connectivity index (χ4v) is 1.74. The zero-order valence-corrected chi connectivity index (χ0v) is 10.9. The number of rotatable bonds is 4. The quantitative estimate of drug-likeness (QED) is 0.858. The van der Waals surface area contributed by atoms with Crippen molar-refractivity contribution in [3.8, 4) is 5.88 Å². The van der Waals surface area contributed by atoms with Crippen LogP contribution in [0.1, 0.15) is 9.67 Å². The number of hydrogen-bond donors (Lipinski definition) is 1. The molecule has 0 unspecified atom stereocenters. The van der Waals surface area contributed by atoms with Gasteiger partial charge in [-0.25, -0.2) is 4.39 Å². The summed E-state index contributed by atoms with van der Waals surface area (Å²) in [6, 6.07) is 0.987. The van der Waals surface area contributed by atoms with Crippen LogP contribution < -0.4 is 10.1 Å². The molecule has 1 heterocycles. The molecule has 1 amide bonds. The number of nitrogens with one attached hydrogen (secondary N) is 1. The Morgan fingerprint density at radius 3 is 2.14 bits per heavy atom. The molecular formula is C9H7F7N2O2S. The van der Waals surface area contributed by atoms with E-state index in [-0.39, 0.29) is 10.8 Å². The molecule has 120 valence electrons. The topological polar surface area (TPSA) is 51.2 Å². The molecular weight excluding hydrogens is 333 g/mol. The molecule has 0 bridgehead atoms. The number of carbonyl (C=O) groups is 1. The molecule has 1 aromatic heterocycles. The van der Waals surface area contributed by atoms with Crippen LogP contribution in [0, 0.1) is 0 Å². The lowest BCUT2D eigenvalue weighted by atomic mass is 10.1. The van der Waals surface area contributed by atoms with E-state index in [1.165, 1.54) is 12.4 Å². The first-order valence-corrected chi connectivity index (χ1v) is 5.81. The highest BCUT2D eigenvalue weighted by atomic mass is 32.1. The maximum absolute atomic E-state index is 13.3. The van der Waals surface area contributed by atoms with Crippen molar-refractivity contribution in [3.05, 3.63) is 10.9 Å². The van der Waals surface area contributed by atoms with Gasteiger partial charge in [0.25, 0.3) is 5.91 Å². The van der Waals surface area contributed by atoms with Crippen LogP contribution >= 0.6 is 11.5 Å². The summed E-state index contributed by atoms with van der Waals surface area (Å²) in [5.74, 6) is -1.38. The smallest absolute Gasteiger partial charge is 0.433 e. The Hall–Kier alpha value is -1.59. The van der Waals surface area contributed by atoms with E-state index < -0.39 is 30.5 Å². The van der Waals surface area contributed by atoms with Gasteiger partial charge < -0.3 is 10.1 Å². The Balaban J connectivity index is 2.85. The molecule has 0 aromatic carbocycles. The minimum absolute atomic E-state index is 0.0525. The van der Waals surface area contributed by atoms with E-state index in [0.717, 1.165) is 6.07 Å². The molecule has 0 saturated heterocycles. The number of amides is 1. The van der Waals surface area contributed by atoms with Gasteiger partial charge in [0.2, 0.25) is 5.88 Å². The maximum atomic E-state index is 13.3. The SMILES string of the molecule is COc1cc(C(=O)NCC(F)(C(F)(F)F)C(F)(F)F)sn1. The molecule has 0 aliphatic carbocycles. The average molecular weight is 340 g/mol. The summed E-state index contributed by atoms with van der Waals surface area (Å²) in [7, 11) is 1.19. The lowest BCUT2D eigenvalue weighted by Crippen LogP contribution is -2.59. The normalized spacial score (nSPS) is 13.1. The number of alkyl halides is 7. The first-order chi connectivity index (χ1) is 9.42. The minimum atomic E-state index is -6.22. The summed E-state index contributed by atoms with van der Waals surface area (Å²) in [5, 5.41) is 1.25. The van der Waals surface area contributed by atoms with Crippen LogP contribution in [0.15, 0.2) is 6.07 Å². The Morgan fingerprint density at radius 2 is 1.76 bits per heavy atom. The van der Waals surface area contributed by atoms with Gasteiger partial charge in [-0.15, -0.1) is 0 Å². The highest BCUT2D eigenvalue weighted by molar-refractivity contribution is 7.08. The van der Waals surface area contributed by atoms with Crippen LogP contribution in [0.25, 0.3) is 0 Å². The van der Waals surface area contributed by atoms with Crippen molar-refractivity contribution >= 4 is 17.4 Å². The second-order valence-corrected chi connectivity index (χ2v) is 4.52. The molecule has 4 nitrogen and oxygen atoms in total. The predicted octanol–water partition coefficient (Wildman–Crippen LogP) is 2.71. The molecule has 0 atom stereocenters. The monoisotopic (exact) mass is 340 g/mol. The van der Waals surface area contributed by atoms with Gasteiger partial charge in [-0.1, -0.05) is 0 Å². The molecule has 0 saturated carbocycles. The summed E-state index contributed by atoms with van der Waals surface area (Å²) in [6.07, 6.45) is -12.4. The minimum Gasteiger partial charge on any atom is -0.480 e. The van der Waals surface area contributed by atoms with Crippen molar-refractivity contribution in [2.75, 3.05) is 13.7 Å². The van der Waals surface area contributed by atoms with Crippen LogP contribution in [-0.4, -0.2) is 42.0 Å². The first-order valence-electron chi connectivity index (χ1n) is 5.03. The van der Waals surface area contributed by atoms with Crippen LogP contribution in [-0.2, 0) is 0 Å². The number of nitrogens with zero attached hydrogens (tertiary/aromatic N) is 1. The molecule has 0 radical (unpaired) electrons. The van der Waals surface area contributed by atoms with Gasteiger partial charge in [0, 0.05) is 6.07 Å². The fraction of sp³-hybridized carbons (Fsp3) is 0.556. The second-order valence-electron chi connectivity index (χ2n) is 3.71. The fourth-order valence-electron chi connectivity index (χ4n) is 1.11. The molecule has 0 spiro atoms. The number of carbonyl (C=O) groups excluding carboxylic acids is 1. The van der Waals surface area contributed by atoms with Gasteiger partial charge >= 0.3 is 18.0 Å². The zero-order valence-electron chi connectivity index (χ0n) is 10.1. The van der Waals surface area contributed by atoms with Gasteiger partial charge in [0.15, 0.2) is 0 Å². The van der Waals surface area contributed by atoms with Gasteiger partial charge in [-0.3, -0.25) is 4.79 Å². The van der Waals surface area contributed by atoms with E-state index >= 15 is 0 Å². The maximum Gasteiger partial charge on any atom is 0.433 e. The third kappa shape index (κ3) is 3.54. The second kappa shape index (κ2) is 5.66. The third-order valence-electron chi connectivity index (χ3n) is 2.31. The Bertz CT molecular complexity index is 497. The highest BCUT2D eigenvalue weighted by Gasteiger charge is 2.72. The predicted molar refractivity (Wildman–Crippen MR) is 56.9 cm³/mol. The van der Waals surface area contributed by atoms with Gasteiger partial charge in [-0.2, -0.15) is 30.7 Å². The summed E-state index contributed by atoms with van der Waals surface area (Å²) in [6.45, 7) is -2.29. The van der Waals surface area contributed by atoms with Gasteiger partial charge in [0.1, 0.15) is 4.88 Å². The summed E-state index contributed by atoms with van der Waals surface area (Å²) in [4.78, 5) is 11.1. The van der Waals surface area contributed by atoms with E-state index in [1.807, 2.05) is 0 Å². The van der Waals surface area contributed by atoms with Crippen molar-refractivity contribution in [3.63, 3.8) is 0 Å². The van der Waals surface area contributed by atoms with Crippen LogP contribution in [0.5, 0.6) is 5.88 Å². The van der Waals surface area contributed by atoms with E-state index in [9.17, 15) is 35.5 Å². The van der Waals surface area contributed by atoms with Gasteiger partial charge in [0.05, 0.1) is 13.7 Å². The number of hydrogen-bond acceptors (Lipinski definition) is 4. The lowest BCUT2D eigenvalue weighted by Gasteiger charge is -2.29. The Morgan fingerprint density at radius 1 is 1.24 bits per heavy atom. The molecule has 0 aliphatic rings. The summed E-state index contributed by atoms with van der Waals surface area (Å²) in [5.41, 5.74) is -5.54. The molecule has 1 rings (SSSR count). The summed E-state index contributed by atoms with van der Waals surface area (Å²) < 4.78 is 94.8. The number of aromatic nitrogens is 1. The van der Waals surface area contributed by atoms with Crippen LogP contribution in [0.3, 0.4) is 0 Å². The first kappa shape index (κ1) is 17.5. The van der Waals surface area contributed by atoms with E-state index in [4.69, 9.17) is 0 Å².